The molecule has 0 unspecified atom stereocenters. The van der Waals surface area contributed by atoms with Crippen LogP contribution in [0.2, 0.25) is 0 Å². The molecule has 1 atom stereocenters. The van der Waals surface area contributed by atoms with Crippen molar-refractivity contribution in [1.29, 1.82) is 0 Å². The summed E-state index contributed by atoms with van der Waals surface area (Å²) in [6.45, 7) is 6.16. The number of rotatable bonds is 7. The topological polar surface area (TPSA) is 52.7 Å². The standard InChI is InChI=1S/C19H27N3O3/c1-2-19(25-8-1)14-21-12-17-3-7-20-22(17)18(13-21)6-11-24-15-16-4-9-23-10-5-16/h1-3,7-8,16,18H,4-6,9-15H2/t18-/m1/s1. The molecular formula is C19H27N3O3. The molecule has 0 saturated carbocycles. The van der Waals surface area contributed by atoms with E-state index in [4.69, 9.17) is 13.9 Å². The van der Waals surface area contributed by atoms with Gasteiger partial charge in [0.2, 0.25) is 0 Å². The van der Waals surface area contributed by atoms with Crippen molar-refractivity contribution >= 4 is 0 Å². The highest BCUT2D eigenvalue weighted by Gasteiger charge is 2.26. The second-order valence-corrected chi connectivity index (χ2v) is 7.09. The molecule has 0 N–H and O–H groups in total. The van der Waals surface area contributed by atoms with Crippen molar-refractivity contribution in [3.05, 3.63) is 42.1 Å². The molecule has 4 rings (SSSR count). The van der Waals surface area contributed by atoms with E-state index in [1.165, 1.54) is 5.69 Å². The normalized spacial score (nSPS) is 22.2. The predicted molar refractivity (Wildman–Crippen MR) is 93.1 cm³/mol. The lowest BCUT2D eigenvalue weighted by Gasteiger charge is -2.33. The number of nitrogens with zero attached hydrogens (tertiary/aromatic N) is 3. The van der Waals surface area contributed by atoms with E-state index in [0.29, 0.717) is 12.0 Å². The van der Waals surface area contributed by atoms with Gasteiger partial charge in [-0.25, -0.2) is 0 Å². The van der Waals surface area contributed by atoms with Crippen LogP contribution < -0.4 is 0 Å². The Balaban J connectivity index is 1.29. The van der Waals surface area contributed by atoms with Gasteiger partial charge in [0.25, 0.3) is 0 Å². The minimum Gasteiger partial charge on any atom is -0.468 e. The van der Waals surface area contributed by atoms with Gasteiger partial charge in [0.15, 0.2) is 0 Å². The van der Waals surface area contributed by atoms with Crippen molar-refractivity contribution in [3.8, 4) is 0 Å². The molecule has 6 heteroatoms. The molecule has 0 aliphatic carbocycles. The largest absolute Gasteiger partial charge is 0.468 e. The van der Waals surface area contributed by atoms with E-state index >= 15 is 0 Å². The third kappa shape index (κ3) is 4.32. The summed E-state index contributed by atoms with van der Waals surface area (Å²) >= 11 is 0. The molecule has 4 heterocycles. The molecule has 0 bridgehead atoms. The number of furan rings is 1. The van der Waals surface area contributed by atoms with Gasteiger partial charge >= 0.3 is 0 Å². The lowest BCUT2D eigenvalue weighted by molar-refractivity contribution is 0.0153. The fourth-order valence-electron chi connectivity index (χ4n) is 3.80. The molecule has 2 aromatic rings. The zero-order valence-electron chi connectivity index (χ0n) is 14.7. The van der Waals surface area contributed by atoms with Gasteiger partial charge in [-0.05, 0) is 43.4 Å². The Morgan fingerprint density at radius 2 is 2.16 bits per heavy atom. The van der Waals surface area contributed by atoms with E-state index in [-0.39, 0.29) is 0 Å². The van der Waals surface area contributed by atoms with Crippen molar-refractivity contribution < 1.29 is 13.9 Å². The maximum atomic E-state index is 5.97. The highest BCUT2D eigenvalue weighted by atomic mass is 16.5. The van der Waals surface area contributed by atoms with Crippen LogP contribution in [0.25, 0.3) is 0 Å². The first-order valence-corrected chi connectivity index (χ1v) is 9.31. The Kier molecular flexibility index (Phi) is 5.49. The van der Waals surface area contributed by atoms with Crippen molar-refractivity contribution in [2.24, 2.45) is 5.92 Å². The minimum atomic E-state index is 0.364. The maximum absolute atomic E-state index is 5.97. The van der Waals surface area contributed by atoms with Crippen LogP contribution >= 0.6 is 0 Å². The molecule has 2 aliphatic heterocycles. The number of hydrogen-bond acceptors (Lipinski definition) is 5. The van der Waals surface area contributed by atoms with E-state index in [1.54, 1.807) is 6.26 Å². The van der Waals surface area contributed by atoms with Crippen molar-refractivity contribution in [3.63, 3.8) is 0 Å². The monoisotopic (exact) mass is 345 g/mol. The second-order valence-electron chi connectivity index (χ2n) is 7.09. The van der Waals surface area contributed by atoms with Gasteiger partial charge in [-0.2, -0.15) is 5.10 Å². The van der Waals surface area contributed by atoms with Gasteiger partial charge < -0.3 is 13.9 Å². The van der Waals surface area contributed by atoms with Crippen LogP contribution in [0.5, 0.6) is 0 Å². The van der Waals surface area contributed by atoms with Gasteiger partial charge in [-0.15, -0.1) is 0 Å². The molecule has 0 radical (unpaired) electrons. The minimum absolute atomic E-state index is 0.364. The van der Waals surface area contributed by atoms with Crippen molar-refractivity contribution in [2.45, 2.75) is 38.4 Å². The van der Waals surface area contributed by atoms with E-state index in [1.807, 2.05) is 18.3 Å². The van der Waals surface area contributed by atoms with Gasteiger partial charge in [0, 0.05) is 45.7 Å². The highest BCUT2D eigenvalue weighted by Crippen LogP contribution is 2.25. The zero-order valence-corrected chi connectivity index (χ0v) is 14.7. The van der Waals surface area contributed by atoms with E-state index in [0.717, 1.165) is 71.1 Å². The summed E-state index contributed by atoms with van der Waals surface area (Å²) < 4.78 is 19.1. The third-order valence-electron chi connectivity index (χ3n) is 5.20. The molecule has 136 valence electrons. The van der Waals surface area contributed by atoms with Crippen LogP contribution in [0, 0.1) is 5.92 Å². The summed E-state index contributed by atoms with van der Waals surface area (Å²) in [4.78, 5) is 2.43. The smallest absolute Gasteiger partial charge is 0.117 e. The first-order valence-electron chi connectivity index (χ1n) is 9.31. The van der Waals surface area contributed by atoms with E-state index < -0.39 is 0 Å². The summed E-state index contributed by atoms with van der Waals surface area (Å²) in [5, 5.41) is 4.53. The Bertz CT molecular complexity index is 634. The molecule has 0 amide bonds. The molecule has 25 heavy (non-hydrogen) atoms. The lowest BCUT2D eigenvalue weighted by Crippen LogP contribution is -2.37. The SMILES string of the molecule is c1coc(CN2Cc3ccnn3[C@H](CCOCC3CCOCC3)C2)c1. The van der Waals surface area contributed by atoms with Crippen LogP contribution in [0.1, 0.15) is 36.8 Å². The van der Waals surface area contributed by atoms with Gasteiger partial charge in [-0.3, -0.25) is 9.58 Å². The van der Waals surface area contributed by atoms with Crippen LogP contribution in [0.3, 0.4) is 0 Å². The Hall–Kier alpha value is -1.63. The fourth-order valence-corrected chi connectivity index (χ4v) is 3.80. The van der Waals surface area contributed by atoms with Gasteiger partial charge in [0.1, 0.15) is 5.76 Å². The highest BCUT2D eigenvalue weighted by molar-refractivity contribution is 5.06. The Morgan fingerprint density at radius 3 is 3.00 bits per heavy atom. The summed E-state index contributed by atoms with van der Waals surface area (Å²) in [7, 11) is 0. The van der Waals surface area contributed by atoms with E-state index in [2.05, 4.69) is 20.7 Å². The maximum Gasteiger partial charge on any atom is 0.117 e. The first-order chi connectivity index (χ1) is 12.4. The van der Waals surface area contributed by atoms with Crippen LogP contribution in [0.4, 0.5) is 0 Å². The van der Waals surface area contributed by atoms with E-state index in [9.17, 15) is 0 Å². The summed E-state index contributed by atoms with van der Waals surface area (Å²) in [6.07, 6.45) is 6.90. The zero-order chi connectivity index (χ0) is 16.9. The Labute approximate surface area is 148 Å². The number of ether oxygens (including phenoxy) is 2. The molecule has 6 nitrogen and oxygen atoms in total. The van der Waals surface area contributed by atoms with Crippen LogP contribution in [0.15, 0.2) is 35.1 Å². The number of hydrogen-bond donors (Lipinski definition) is 0. The van der Waals surface area contributed by atoms with Gasteiger partial charge in [0.05, 0.1) is 24.5 Å². The molecule has 1 saturated heterocycles. The van der Waals surface area contributed by atoms with Crippen molar-refractivity contribution in [1.82, 2.24) is 14.7 Å². The van der Waals surface area contributed by atoms with Gasteiger partial charge in [-0.1, -0.05) is 0 Å². The average Bonchev–Trinajstić information content (AvgIpc) is 3.31. The quantitative estimate of drug-likeness (QED) is 0.722. The molecule has 1 fully saturated rings. The molecule has 2 aliphatic rings. The molecule has 0 aromatic carbocycles. The average molecular weight is 345 g/mol. The lowest BCUT2D eigenvalue weighted by atomic mass is 10.0. The molecule has 0 spiro atoms. The summed E-state index contributed by atoms with van der Waals surface area (Å²) in [6, 6.07) is 6.47. The Morgan fingerprint density at radius 1 is 1.24 bits per heavy atom. The summed E-state index contributed by atoms with van der Waals surface area (Å²) in [5.41, 5.74) is 1.27. The van der Waals surface area contributed by atoms with Crippen LogP contribution in [-0.4, -0.2) is 47.7 Å². The summed E-state index contributed by atoms with van der Waals surface area (Å²) in [5.74, 6) is 1.68. The number of aromatic nitrogens is 2. The van der Waals surface area contributed by atoms with Crippen LogP contribution in [-0.2, 0) is 22.6 Å². The fraction of sp³-hybridized carbons (Fsp3) is 0.632. The third-order valence-corrected chi connectivity index (χ3v) is 5.20. The second kappa shape index (κ2) is 8.17. The molecular weight excluding hydrogens is 318 g/mol. The van der Waals surface area contributed by atoms with Crippen molar-refractivity contribution in [2.75, 3.05) is 33.0 Å². The number of fused-ring (bicyclic) bond motifs is 1. The first kappa shape index (κ1) is 16.8. The predicted octanol–water partition coefficient (Wildman–Crippen LogP) is 2.87. The molecule has 2 aromatic heterocycles.